The van der Waals surface area contributed by atoms with Gasteiger partial charge in [-0.2, -0.15) is 5.26 Å². The zero-order valence-electron chi connectivity index (χ0n) is 11.9. The van der Waals surface area contributed by atoms with Crippen molar-refractivity contribution in [2.45, 2.75) is 25.3 Å². The number of hydrogen-bond donors (Lipinski definition) is 2. The van der Waals surface area contributed by atoms with Gasteiger partial charge in [0.1, 0.15) is 11.9 Å². The Balaban J connectivity index is 1.95. The van der Waals surface area contributed by atoms with Crippen LogP contribution in [0.1, 0.15) is 24.8 Å². The first-order valence-corrected chi connectivity index (χ1v) is 7.60. The van der Waals surface area contributed by atoms with Gasteiger partial charge in [-0.05, 0) is 43.5 Å². The zero-order valence-corrected chi connectivity index (χ0v) is 12.7. The fraction of sp³-hybridized carbons (Fsp3) is 0.312. The van der Waals surface area contributed by atoms with Crippen LogP contribution in [0, 0.1) is 11.3 Å². The minimum absolute atomic E-state index is 0.0194. The van der Waals surface area contributed by atoms with Crippen LogP contribution in [0.4, 0.5) is 5.82 Å². The number of anilines is 1. The summed E-state index contributed by atoms with van der Waals surface area (Å²) < 4.78 is 0. The number of benzene rings is 1. The van der Waals surface area contributed by atoms with Crippen LogP contribution in [0.3, 0.4) is 0 Å². The third-order valence-electron chi connectivity index (χ3n) is 3.75. The highest BCUT2D eigenvalue weighted by molar-refractivity contribution is 6.31. The average molecular weight is 315 g/mol. The summed E-state index contributed by atoms with van der Waals surface area (Å²) in [6.07, 6.45) is 2.72. The van der Waals surface area contributed by atoms with Crippen molar-refractivity contribution in [2.75, 3.05) is 11.9 Å². The molecule has 1 amide bonds. The second kappa shape index (κ2) is 6.20. The number of hydrogen-bond acceptors (Lipinski definition) is 4. The lowest BCUT2D eigenvalue weighted by molar-refractivity contribution is -0.121. The molecule has 1 aromatic heterocycles. The maximum atomic E-state index is 12.0. The first kappa shape index (κ1) is 14.6. The van der Waals surface area contributed by atoms with Gasteiger partial charge in [-0.15, -0.1) is 0 Å². The Morgan fingerprint density at radius 2 is 2.23 bits per heavy atom. The summed E-state index contributed by atoms with van der Waals surface area (Å²) in [5.74, 6) is 0.516. The number of rotatable bonds is 2. The van der Waals surface area contributed by atoms with Gasteiger partial charge in [0.15, 0.2) is 0 Å². The van der Waals surface area contributed by atoms with E-state index in [0.29, 0.717) is 33.9 Å². The van der Waals surface area contributed by atoms with Crippen molar-refractivity contribution >= 4 is 34.2 Å². The molecule has 0 saturated carbocycles. The number of carbonyl (C=O) groups is 1. The van der Waals surface area contributed by atoms with Crippen LogP contribution in [0.25, 0.3) is 10.9 Å². The molecule has 0 spiro atoms. The molecule has 1 atom stereocenters. The smallest absolute Gasteiger partial charge is 0.242 e. The van der Waals surface area contributed by atoms with Gasteiger partial charge in [0.05, 0.1) is 17.1 Å². The molecule has 0 aliphatic carbocycles. The Hall–Kier alpha value is -2.32. The van der Waals surface area contributed by atoms with E-state index in [-0.39, 0.29) is 11.9 Å². The molecular formula is C16H15ClN4O. The molecule has 22 heavy (non-hydrogen) atoms. The van der Waals surface area contributed by atoms with E-state index in [1.54, 1.807) is 24.3 Å². The lowest BCUT2D eigenvalue weighted by Gasteiger charge is -2.16. The van der Waals surface area contributed by atoms with Crippen molar-refractivity contribution in [1.29, 1.82) is 5.26 Å². The van der Waals surface area contributed by atoms with Gasteiger partial charge < -0.3 is 10.6 Å². The zero-order chi connectivity index (χ0) is 15.5. The molecule has 6 heteroatoms. The van der Waals surface area contributed by atoms with Gasteiger partial charge in [-0.1, -0.05) is 11.6 Å². The normalized spacial score (nSPS) is 18.4. The summed E-state index contributed by atoms with van der Waals surface area (Å²) in [6.45, 7) is 0.712. The highest BCUT2D eigenvalue weighted by Crippen LogP contribution is 2.24. The predicted octanol–water partition coefficient (Wildman–Crippen LogP) is 2.84. The van der Waals surface area contributed by atoms with E-state index >= 15 is 0 Å². The average Bonchev–Trinajstić information content (AvgIpc) is 2.72. The highest BCUT2D eigenvalue weighted by Gasteiger charge is 2.21. The maximum absolute atomic E-state index is 12.0. The van der Waals surface area contributed by atoms with Crippen LogP contribution in [0.2, 0.25) is 5.02 Å². The molecule has 2 aromatic rings. The van der Waals surface area contributed by atoms with Gasteiger partial charge in [-0.25, -0.2) is 4.98 Å². The van der Waals surface area contributed by atoms with Gasteiger partial charge in [0, 0.05) is 17.0 Å². The molecule has 1 aliphatic heterocycles. The van der Waals surface area contributed by atoms with Crippen molar-refractivity contribution in [1.82, 2.24) is 10.3 Å². The number of nitriles is 1. The largest absolute Gasteiger partial charge is 0.358 e. The third kappa shape index (κ3) is 2.97. The quantitative estimate of drug-likeness (QED) is 0.893. The number of aromatic nitrogens is 1. The van der Waals surface area contributed by atoms with E-state index in [2.05, 4.69) is 21.7 Å². The van der Waals surface area contributed by atoms with Crippen LogP contribution in [-0.4, -0.2) is 23.5 Å². The summed E-state index contributed by atoms with van der Waals surface area (Å²) in [7, 11) is 0. The number of fused-ring (bicyclic) bond motifs is 1. The second-order valence-corrected chi connectivity index (χ2v) is 5.75. The summed E-state index contributed by atoms with van der Waals surface area (Å²) in [6, 6.07) is 8.75. The van der Waals surface area contributed by atoms with Crippen LogP contribution in [-0.2, 0) is 4.79 Å². The number of carbonyl (C=O) groups excluding carboxylic acids is 1. The van der Waals surface area contributed by atoms with Gasteiger partial charge in [-0.3, -0.25) is 4.79 Å². The molecule has 1 aliphatic rings. The van der Waals surface area contributed by atoms with E-state index in [4.69, 9.17) is 11.6 Å². The fourth-order valence-electron chi connectivity index (χ4n) is 2.62. The summed E-state index contributed by atoms with van der Waals surface area (Å²) >= 11 is 5.97. The van der Waals surface area contributed by atoms with E-state index in [1.807, 2.05) is 0 Å². The number of amides is 1. The second-order valence-electron chi connectivity index (χ2n) is 5.31. The Morgan fingerprint density at radius 3 is 3.05 bits per heavy atom. The van der Waals surface area contributed by atoms with Crippen molar-refractivity contribution in [3.8, 4) is 6.07 Å². The first-order valence-electron chi connectivity index (χ1n) is 7.22. The van der Waals surface area contributed by atoms with E-state index in [9.17, 15) is 10.1 Å². The number of nitrogens with one attached hydrogen (secondary N) is 2. The molecule has 2 heterocycles. The monoisotopic (exact) mass is 314 g/mol. The molecule has 112 valence electrons. The maximum Gasteiger partial charge on any atom is 0.242 e. The Bertz CT molecular complexity index is 769. The molecule has 2 N–H and O–H groups in total. The van der Waals surface area contributed by atoms with Crippen molar-refractivity contribution in [2.24, 2.45) is 0 Å². The minimum atomic E-state index is -0.314. The van der Waals surface area contributed by atoms with Gasteiger partial charge in [0.25, 0.3) is 0 Å². The molecule has 1 saturated heterocycles. The Labute approximate surface area is 133 Å². The topological polar surface area (TPSA) is 77.8 Å². The van der Waals surface area contributed by atoms with Crippen molar-refractivity contribution in [3.05, 3.63) is 34.9 Å². The predicted molar refractivity (Wildman–Crippen MR) is 85.7 cm³/mol. The van der Waals surface area contributed by atoms with E-state index < -0.39 is 0 Å². The van der Waals surface area contributed by atoms with E-state index in [0.717, 1.165) is 19.3 Å². The van der Waals surface area contributed by atoms with Crippen LogP contribution in [0.15, 0.2) is 24.3 Å². The molecule has 1 aromatic carbocycles. The van der Waals surface area contributed by atoms with Crippen LogP contribution >= 0.6 is 11.6 Å². The molecule has 1 fully saturated rings. The molecule has 3 rings (SSSR count). The van der Waals surface area contributed by atoms with Crippen molar-refractivity contribution in [3.63, 3.8) is 0 Å². The fourth-order valence-corrected chi connectivity index (χ4v) is 2.79. The SMILES string of the molecule is N#Cc1cc(N[C@H]2CCCCNC2=O)nc2ccc(Cl)cc12. The molecule has 0 unspecified atom stereocenters. The molecule has 0 bridgehead atoms. The van der Waals surface area contributed by atoms with Crippen LogP contribution < -0.4 is 10.6 Å². The minimum Gasteiger partial charge on any atom is -0.358 e. The summed E-state index contributed by atoms with van der Waals surface area (Å²) in [4.78, 5) is 16.5. The highest BCUT2D eigenvalue weighted by atomic mass is 35.5. The molecular weight excluding hydrogens is 300 g/mol. The number of pyridine rings is 1. The van der Waals surface area contributed by atoms with Gasteiger partial charge in [0.2, 0.25) is 5.91 Å². The number of nitrogens with zero attached hydrogens (tertiary/aromatic N) is 2. The number of halogens is 1. The first-order chi connectivity index (χ1) is 10.7. The van der Waals surface area contributed by atoms with E-state index in [1.165, 1.54) is 0 Å². The standard InChI is InChI=1S/C16H15ClN4O/c17-11-4-5-13-12(8-11)10(9-18)7-15(20-13)21-14-3-1-2-6-19-16(14)22/h4-5,7-8,14H,1-3,6H2,(H,19,22)(H,20,21)/t14-/m0/s1. The molecule has 0 radical (unpaired) electrons. The summed E-state index contributed by atoms with van der Waals surface area (Å²) in [5.41, 5.74) is 1.17. The lowest BCUT2D eigenvalue weighted by atomic mass is 10.1. The third-order valence-corrected chi connectivity index (χ3v) is 3.98. The Morgan fingerprint density at radius 1 is 1.36 bits per heavy atom. The summed E-state index contributed by atoms with van der Waals surface area (Å²) in [5, 5.41) is 16.6. The van der Waals surface area contributed by atoms with Gasteiger partial charge >= 0.3 is 0 Å². The molecule has 5 nitrogen and oxygen atoms in total. The lowest BCUT2D eigenvalue weighted by Crippen LogP contribution is -2.38. The van der Waals surface area contributed by atoms with Crippen LogP contribution in [0.5, 0.6) is 0 Å². The van der Waals surface area contributed by atoms with Crippen molar-refractivity contribution < 1.29 is 4.79 Å². The Kier molecular flexibility index (Phi) is 4.12.